The molecule has 0 atom stereocenters. The minimum absolute atomic E-state index is 0.116. The summed E-state index contributed by atoms with van der Waals surface area (Å²) in [6.07, 6.45) is 0. The molecule has 0 bridgehead atoms. The third-order valence-electron chi connectivity index (χ3n) is 2.47. The van der Waals surface area contributed by atoms with E-state index in [1.165, 1.54) is 11.6 Å². The molecule has 2 rings (SSSR count). The van der Waals surface area contributed by atoms with Gasteiger partial charge in [-0.15, -0.1) is 0 Å². The van der Waals surface area contributed by atoms with Crippen LogP contribution in [0.25, 0.3) is 0 Å². The zero-order valence-electron chi connectivity index (χ0n) is 9.50. The van der Waals surface area contributed by atoms with Crippen molar-refractivity contribution in [2.24, 2.45) is 0 Å². The minimum atomic E-state index is -0.415. The van der Waals surface area contributed by atoms with Gasteiger partial charge in [0.2, 0.25) is 0 Å². The predicted octanol–water partition coefficient (Wildman–Crippen LogP) is 4.95. The monoisotopic (exact) mass is 328 g/mol. The predicted molar refractivity (Wildman–Crippen MR) is 74.8 cm³/mol. The maximum absolute atomic E-state index is 13.0. The van der Waals surface area contributed by atoms with Gasteiger partial charge in [-0.2, -0.15) is 0 Å². The number of hydrogen-bond acceptors (Lipinski definition) is 1. The Morgan fingerprint density at radius 3 is 2.33 bits per heavy atom. The summed E-state index contributed by atoms with van der Waals surface area (Å²) < 4.78 is 18.6. The highest BCUT2D eigenvalue weighted by Crippen LogP contribution is 2.19. The fraction of sp³-hybridized carbons (Fsp3) is 0.143. The number of benzene rings is 2. The number of rotatable bonds is 4. The van der Waals surface area contributed by atoms with E-state index in [1.54, 1.807) is 12.1 Å². The van der Waals surface area contributed by atoms with E-state index in [9.17, 15) is 4.39 Å². The minimum Gasteiger partial charge on any atom is -0.489 e. The lowest BCUT2D eigenvalue weighted by atomic mass is 10.2. The maximum atomic E-state index is 13.0. The van der Waals surface area contributed by atoms with Crippen LogP contribution in [0.1, 0.15) is 11.1 Å². The normalized spacial score (nSPS) is 10.4. The molecule has 0 unspecified atom stereocenters. The van der Waals surface area contributed by atoms with Gasteiger partial charge in [0.1, 0.15) is 18.2 Å². The Balaban J connectivity index is 1.99. The summed E-state index contributed by atoms with van der Waals surface area (Å²) in [6.45, 7) is 0.369. The van der Waals surface area contributed by atoms with Crippen LogP contribution in [0.3, 0.4) is 0 Å². The second-order valence-corrected chi connectivity index (χ2v) is 4.78. The van der Waals surface area contributed by atoms with E-state index in [-0.39, 0.29) is 5.02 Å². The first-order valence-corrected chi connectivity index (χ1v) is 6.90. The molecule has 0 aromatic heterocycles. The standard InChI is InChI=1S/C14H11BrClFO/c15-8-10-1-4-12(5-2-10)18-9-11-3-6-14(17)13(16)7-11/h1-7H,8-9H2. The van der Waals surface area contributed by atoms with Crippen LogP contribution < -0.4 is 4.74 Å². The Morgan fingerprint density at radius 2 is 1.72 bits per heavy atom. The van der Waals surface area contributed by atoms with Crippen LogP contribution in [-0.4, -0.2) is 0 Å². The summed E-state index contributed by atoms with van der Waals surface area (Å²) in [5, 5.41) is 0.937. The van der Waals surface area contributed by atoms with Gasteiger partial charge in [-0.3, -0.25) is 0 Å². The van der Waals surface area contributed by atoms with Gasteiger partial charge in [0.15, 0.2) is 0 Å². The highest BCUT2D eigenvalue weighted by molar-refractivity contribution is 9.08. The SMILES string of the molecule is Fc1ccc(COc2ccc(CBr)cc2)cc1Cl. The molecule has 1 nitrogen and oxygen atoms in total. The van der Waals surface area contributed by atoms with Crippen LogP contribution in [0.4, 0.5) is 4.39 Å². The zero-order valence-corrected chi connectivity index (χ0v) is 11.8. The molecule has 0 aliphatic heterocycles. The largest absolute Gasteiger partial charge is 0.489 e. The van der Waals surface area contributed by atoms with Crippen LogP contribution in [0.5, 0.6) is 5.75 Å². The summed E-state index contributed by atoms with van der Waals surface area (Å²) in [6, 6.07) is 12.4. The summed E-state index contributed by atoms with van der Waals surface area (Å²) in [7, 11) is 0. The van der Waals surface area contributed by atoms with Crippen molar-refractivity contribution in [1.82, 2.24) is 0 Å². The number of halogens is 3. The van der Waals surface area contributed by atoms with Crippen molar-refractivity contribution >= 4 is 27.5 Å². The van der Waals surface area contributed by atoms with Gasteiger partial charge in [0.25, 0.3) is 0 Å². The van der Waals surface area contributed by atoms with Gasteiger partial charge in [0.05, 0.1) is 5.02 Å². The van der Waals surface area contributed by atoms with Crippen LogP contribution in [0, 0.1) is 5.82 Å². The lowest BCUT2D eigenvalue weighted by molar-refractivity contribution is 0.306. The molecule has 2 aromatic rings. The molecule has 4 heteroatoms. The van der Waals surface area contributed by atoms with Crippen molar-refractivity contribution < 1.29 is 9.13 Å². The maximum Gasteiger partial charge on any atom is 0.141 e. The molecule has 0 spiro atoms. The van der Waals surface area contributed by atoms with Crippen LogP contribution in [0.2, 0.25) is 5.02 Å². The first kappa shape index (κ1) is 13.4. The highest BCUT2D eigenvalue weighted by atomic mass is 79.9. The highest BCUT2D eigenvalue weighted by Gasteiger charge is 2.02. The molecular weight excluding hydrogens is 319 g/mol. The molecule has 0 aliphatic carbocycles. The lowest BCUT2D eigenvalue weighted by Gasteiger charge is -2.07. The summed E-state index contributed by atoms with van der Waals surface area (Å²) in [4.78, 5) is 0. The molecule has 0 N–H and O–H groups in total. The lowest BCUT2D eigenvalue weighted by Crippen LogP contribution is -1.96. The molecule has 0 radical (unpaired) electrons. The van der Waals surface area contributed by atoms with Gasteiger partial charge in [-0.25, -0.2) is 4.39 Å². The third-order valence-corrected chi connectivity index (χ3v) is 3.40. The summed E-state index contributed by atoms with van der Waals surface area (Å²) >= 11 is 9.08. The average molecular weight is 330 g/mol. The van der Waals surface area contributed by atoms with E-state index in [2.05, 4.69) is 15.9 Å². The fourth-order valence-electron chi connectivity index (χ4n) is 1.47. The molecule has 0 saturated carbocycles. The van der Waals surface area contributed by atoms with Crippen molar-refractivity contribution in [1.29, 1.82) is 0 Å². The first-order valence-electron chi connectivity index (χ1n) is 5.40. The number of ether oxygens (including phenoxy) is 1. The van der Waals surface area contributed by atoms with Crippen molar-refractivity contribution in [3.05, 3.63) is 64.4 Å². The Morgan fingerprint density at radius 1 is 1.06 bits per heavy atom. The quantitative estimate of drug-likeness (QED) is 0.721. The van der Waals surface area contributed by atoms with E-state index in [0.717, 1.165) is 16.6 Å². The Hall–Kier alpha value is -1.06. The Bertz CT molecular complexity index is 528. The van der Waals surface area contributed by atoms with E-state index >= 15 is 0 Å². The second kappa shape index (κ2) is 6.21. The molecule has 0 aliphatic rings. The van der Waals surface area contributed by atoms with Crippen molar-refractivity contribution in [3.8, 4) is 5.75 Å². The van der Waals surface area contributed by atoms with E-state index in [0.29, 0.717) is 6.61 Å². The topological polar surface area (TPSA) is 9.23 Å². The Labute approximate surface area is 119 Å². The fourth-order valence-corrected chi connectivity index (χ4v) is 2.05. The van der Waals surface area contributed by atoms with Gasteiger partial charge < -0.3 is 4.74 Å². The van der Waals surface area contributed by atoms with E-state index in [4.69, 9.17) is 16.3 Å². The smallest absolute Gasteiger partial charge is 0.141 e. The first-order chi connectivity index (χ1) is 8.69. The summed E-state index contributed by atoms with van der Waals surface area (Å²) in [5.41, 5.74) is 2.03. The zero-order chi connectivity index (χ0) is 13.0. The van der Waals surface area contributed by atoms with E-state index in [1.807, 2.05) is 24.3 Å². The van der Waals surface area contributed by atoms with Gasteiger partial charge >= 0.3 is 0 Å². The average Bonchev–Trinajstić information content (AvgIpc) is 2.41. The number of hydrogen-bond donors (Lipinski definition) is 0. The van der Waals surface area contributed by atoms with Crippen molar-refractivity contribution in [2.45, 2.75) is 11.9 Å². The molecule has 0 saturated heterocycles. The van der Waals surface area contributed by atoms with Gasteiger partial charge in [0, 0.05) is 5.33 Å². The molecular formula is C14H11BrClFO. The summed E-state index contributed by atoms with van der Waals surface area (Å²) in [5.74, 6) is 0.363. The molecule has 0 heterocycles. The molecule has 0 amide bonds. The van der Waals surface area contributed by atoms with Gasteiger partial charge in [-0.1, -0.05) is 45.7 Å². The Kier molecular flexibility index (Phi) is 4.61. The molecule has 2 aromatic carbocycles. The van der Waals surface area contributed by atoms with Crippen LogP contribution in [0.15, 0.2) is 42.5 Å². The second-order valence-electron chi connectivity index (χ2n) is 3.81. The molecule has 18 heavy (non-hydrogen) atoms. The van der Waals surface area contributed by atoms with Gasteiger partial charge in [-0.05, 0) is 35.4 Å². The van der Waals surface area contributed by atoms with Crippen LogP contribution in [-0.2, 0) is 11.9 Å². The molecule has 94 valence electrons. The van der Waals surface area contributed by atoms with Crippen molar-refractivity contribution in [2.75, 3.05) is 0 Å². The van der Waals surface area contributed by atoms with Crippen LogP contribution >= 0.6 is 27.5 Å². The number of alkyl halides is 1. The van der Waals surface area contributed by atoms with E-state index < -0.39 is 5.82 Å². The third kappa shape index (κ3) is 3.47. The molecule has 0 fully saturated rings. The van der Waals surface area contributed by atoms with Crippen molar-refractivity contribution in [3.63, 3.8) is 0 Å².